The Balaban J connectivity index is 1.07. The molecular formula is C61H37NO2. The highest BCUT2D eigenvalue weighted by molar-refractivity contribution is 6.09. The van der Waals surface area contributed by atoms with Gasteiger partial charge in [0, 0.05) is 39.0 Å². The lowest BCUT2D eigenvalue weighted by Crippen LogP contribution is -2.29. The first kappa shape index (κ1) is 35.2. The Labute approximate surface area is 370 Å². The number of hydrogen-bond donors (Lipinski definition) is 0. The molecule has 10 aromatic carbocycles. The van der Waals surface area contributed by atoms with Crippen molar-refractivity contribution < 1.29 is 9.15 Å². The van der Waals surface area contributed by atoms with Crippen LogP contribution in [0.5, 0.6) is 11.5 Å². The van der Waals surface area contributed by atoms with Crippen LogP contribution < -0.4 is 9.64 Å². The number of anilines is 3. The summed E-state index contributed by atoms with van der Waals surface area (Å²) in [6.45, 7) is 0. The van der Waals surface area contributed by atoms with Crippen molar-refractivity contribution in [1.29, 1.82) is 0 Å². The first-order valence-corrected chi connectivity index (χ1v) is 22.0. The molecule has 2 heterocycles. The number of benzene rings is 10. The number of furan rings is 1. The Morgan fingerprint density at radius 1 is 0.281 bits per heavy atom. The molecule has 1 aromatic heterocycles. The molecule has 3 aliphatic rings. The van der Waals surface area contributed by atoms with Gasteiger partial charge < -0.3 is 14.1 Å². The van der Waals surface area contributed by atoms with Crippen LogP contribution in [0.4, 0.5) is 17.1 Å². The molecule has 0 saturated heterocycles. The Bertz CT molecular complexity index is 3730. The molecule has 14 rings (SSSR count). The maximum absolute atomic E-state index is 6.74. The van der Waals surface area contributed by atoms with Crippen molar-refractivity contribution in [2.45, 2.75) is 5.41 Å². The molecule has 1 aliphatic heterocycles. The number of ether oxygens (including phenoxy) is 1. The van der Waals surface area contributed by atoms with E-state index in [1.165, 1.54) is 55.6 Å². The lowest BCUT2D eigenvalue weighted by Gasteiger charge is -2.36. The van der Waals surface area contributed by atoms with Crippen molar-refractivity contribution in [2.24, 2.45) is 0 Å². The van der Waals surface area contributed by atoms with Crippen LogP contribution in [0.1, 0.15) is 22.3 Å². The van der Waals surface area contributed by atoms with Crippen molar-refractivity contribution in [3.8, 4) is 67.1 Å². The fourth-order valence-electron chi connectivity index (χ4n) is 11.3. The van der Waals surface area contributed by atoms with Crippen LogP contribution >= 0.6 is 0 Å². The molecule has 11 aromatic rings. The van der Waals surface area contributed by atoms with Crippen LogP contribution in [0.15, 0.2) is 229 Å². The van der Waals surface area contributed by atoms with Gasteiger partial charge in [0.15, 0.2) is 0 Å². The predicted octanol–water partition coefficient (Wildman–Crippen LogP) is 16.5. The van der Waals surface area contributed by atoms with Gasteiger partial charge in [0.05, 0.1) is 5.41 Å². The molecule has 2 aliphatic carbocycles. The summed E-state index contributed by atoms with van der Waals surface area (Å²) in [6.07, 6.45) is 0. The zero-order chi connectivity index (χ0) is 41.9. The van der Waals surface area contributed by atoms with Crippen LogP contribution in [0, 0.1) is 0 Å². The summed E-state index contributed by atoms with van der Waals surface area (Å²) in [5.74, 6) is 1.69. The molecule has 3 heteroatoms. The van der Waals surface area contributed by atoms with Crippen LogP contribution in [-0.4, -0.2) is 0 Å². The van der Waals surface area contributed by atoms with Crippen LogP contribution in [-0.2, 0) is 5.41 Å². The molecular weight excluding hydrogens is 779 g/mol. The number of fused-ring (bicyclic) bond motifs is 20. The zero-order valence-corrected chi connectivity index (χ0v) is 34.6. The van der Waals surface area contributed by atoms with E-state index in [0.29, 0.717) is 0 Å². The molecule has 64 heavy (non-hydrogen) atoms. The molecule has 298 valence electrons. The van der Waals surface area contributed by atoms with E-state index in [0.717, 1.165) is 72.8 Å². The molecule has 0 N–H and O–H groups in total. The molecule has 0 fully saturated rings. The largest absolute Gasteiger partial charge is 0.456 e. The zero-order valence-electron chi connectivity index (χ0n) is 34.6. The smallest absolute Gasteiger partial charge is 0.135 e. The van der Waals surface area contributed by atoms with Gasteiger partial charge in [-0.25, -0.2) is 0 Å². The summed E-state index contributed by atoms with van der Waals surface area (Å²) in [5.41, 5.74) is 21.0. The Hall–Kier alpha value is -8.40. The van der Waals surface area contributed by atoms with Crippen molar-refractivity contribution in [1.82, 2.24) is 0 Å². The van der Waals surface area contributed by atoms with E-state index in [4.69, 9.17) is 9.15 Å². The van der Waals surface area contributed by atoms with Gasteiger partial charge in [-0.05, 0) is 133 Å². The van der Waals surface area contributed by atoms with Crippen LogP contribution in [0.2, 0.25) is 0 Å². The minimum Gasteiger partial charge on any atom is -0.456 e. The maximum Gasteiger partial charge on any atom is 0.135 e. The fourth-order valence-corrected chi connectivity index (χ4v) is 11.3. The summed E-state index contributed by atoms with van der Waals surface area (Å²) in [4.78, 5) is 2.40. The first-order valence-electron chi connectivity index (χ1n) is 22.0. The number of hydrogen-bond acceptors (Lipinski definition) is 3. The van der Waals surface area contributed by atoms with Gasteiger partial charge in [0.25, 0.3) is 0 Å². The highest BCUT2D eigenvalue weighted by atomic mass is 16.5. The summed E-state index contributed by atoms with van der Waals surface area (Å²) < 4.78 is 13.5. The minimum atomic E-state index is -0.700. The maximum atomic E-state index is 6.74. The third-order valence-corrected chi connectivity index (χ3v) is 13.9. The molecule has 1 spiro atoms. The second kappa shape index (κ2) is 13.3. The Morgan fingerprint density at radius 2 is 0.797 bits per heavy atom. The van der Waals surface area contributed by atoms with E-state index in [9.17, 15) is 0 Å². The van der Waals surface area contributed by atoms with Gasteiger partial charge in [-0.15, -0.1) is 0 Å². The highest BCUT2D eigenvalue weighted by Crippen LogP contribution is 2.63. The monoisotopic (exact) mass is 815 g/mol. The molecule has 0 saturated carbocycles. The van der Waals surface area contributed by atoms with Crippen LogP contribution in [0.3, 0.4) is 0 Å². The average molecular weight is 816 g/mol. The predicted molar refractivity (Wildman–Crippen MR) is 261 cm³/mol. The second-order valence-corrected chi connectivity index (χ2v) is 17.1. The molecule has 0 bridgehead atoms. The van der Waals surface area contributed by atoms with Crippen molar-refractivity contribution >= 4 is 39.0 Å². The van der Waals surface area contributed by atoms with Crippen molar-refractivity contribution in [3.63, 3.8) is 0 Å². The van der Waals surface area contributed by atoms with E-state index in [1.54, 1.807) is 0 Å². The summed E-state index contributed by atoms with van der Waals surface area (Å²) in [7, 11) is 0. The van der Waals surface area contributed by atoms with Gasteiger partial charge in [-0.3, -0.25) is 0 Å². The summed E-state index contributed by atoms with van der Waals surface area (Å²) >= 11 is 0. The molecule has 0 amide bonds. The quantitative estimate of drug-likeness (QED) is 0.178. The second-order valence-electron chi connectivity index (χ2n) is 17.1. The van der Waals surface area contributed by atoms with Gasteiger partial charge in [-0.2, -0.15) is 0 Å². The number of rotatable bonds is 3. The topological polar surface area (TPSA) is 25.6 Å². The third kappa shape index (κ3) is 4.81. The average Bonchev–Trinajstić information content (AvgIpc) is 3.78. The Kier molecular flexibility index (Phi) is 7.32. The van der Waals surface area contributed by atoms with E-state index in [-0.39, 0.29) is 0 Å². The summed E-state index contributed by atoms with van der Waals surface area (Å²) in [5, 5.41) is 2.26. The van der Waals surface area contributed by atoms with Gasteiger partial charge in [-0.1, -0.05) is 158 Å². The minimum absolute atomic E-state index is 0.700. The highest BCUT2D eigenvalue weighted by Gasteiger charge is 2.50. The Morgan fingerprint density at radius 3 is 1.55 bits per heavy atom. The number of para-hydroxylation sites is 3. The standard InChI is InChI=1S/C61H37NO2/c1-2-16-38(17-3-1)62(39-31-33-59-51(34-39)44-21-7-6-20-43(44)48-24-10-14-28-57(48)63-59)40-30-32-47-42-19-5-4-18-41(42)45-22-8-12-26-53(45)61(55(47)35-40)54-27-13-9-23-46(54)50-36-52-49-25-11-15-29-58(49)64-60(52)37-56(50)61/h1-37H. The normalized spacial score (nSPS) is 14.8. The third-order valence-electron chi connectivity index (χ3n) is 13.9. The SMILES string of the molecule is c1ccc(N(c2ccc3c(c2)-c2ccccc2-c2ccccc2O3)c2ccc3c(c2)C2(c4ccccc4-c4ccccc4-3)c3ccccc3-c3cc4c(cc32)oc2ccccc24)cc1. The molecule has 1 atom stereocenters. The fraction of sp³-hybridized carbons (Fsp3) is 0.0164. The lowest BCUT2D eigenvalue weighted by atomic mass is 9.65. The molecule has 0 radical (unpaired) electrons. The molecule has 3 nitrogen and oxygen atoms in total. The summed E-state index contributed by atoms with van der Waals surface area (Å²) in [6, 6.07) is 81.7. The van der Waals surface area contributed by atoms with Crippen LogP contribution in [0.25, 0.3) is 77.6 Å². The van der Waals surface area contributed by atoms with Gasteiger partial charge >= 0.3 is 0 Å². The van der Waals surface area contributed by atoms with E-state index in [1.807, 2.05) is 6.07 Å². The van der Waals surface area contributed by atoms with Gasteiger partial charge in [0.1, 0.15) is 22.7 Å². The lowest BCUT2D eigenvalue weighted by molar-refractivity contribution is 0.488. The van der Waals surface area contributed by atoms with E-state index < -0.39 is 5.41 Å². The van der Waals surface area contributed by atoms with E-state index in [2.05, 4.69) is 223 Å². The number of nitrogens with zero attached hydrogens (tertiary/aromatic N) is 1. The first-order chi connectivity index (χ1) is 31.7. The molecule has 1 unspecified atom stereocenters. The van der Waals surface area contributed by atoms with Crippen molar-refractivity contribution in [3.05, 3.63) is 247 Å². The van der Waals surface area contributed by atoms with Crippen molar-refractivity contribution in [2.75, 3.05) is 4.90 Å². The van der Waals surface area contributed by atoms with E-state index >= 15 is 0 Å². The van der Waals surface area contributed by atoms with Gasteiger partial charge in [0.2, 0.25) is 0 Å².